The number of carbonyl (C=O) groups excluding carboxylic acids is 4. The highest BCUT2D eigenvalue weighted by Crippen LogP contribution is 2.29. The monoisotopic (exact) mass is 516 g/mol. The van der Waals surface area contributed by atoms with Crippen LogP contribution in [0.4, 0.5) is 21.5 Å². The lowest BCUT2D eigenvalue weighted by Gasteiger charge is -2.32. The molecule has 3 amide bonds. The summed E-state index contributed by atoms with van der Waals surface area (Å²) in [5.41, 5.74) is 2.28. The van der Waals surface area contributed by atoms with Gasteiger partial charge < -0.3 is 15.1 Å². The third-order valence-electron chi connectivity index (χ3n) is 6.51. The minimum absolute atomic E-state index is 0.186. The lowest BCUT2D eigenvalue weighted by molar-refractivity contribution is -0.138. The van der Waals surface area contributed by atoms with E-state index in [2.05, 4.69) is 5.32 Å². The number of benzene rings is 3. The molecule has 3 aromatic carbocycles. The molecule has 1 atom stereocenters. The molecule has 0 saturated carbocycles. The predicted octanol–water partition coefficient (Wildman–Crippen LogP) is 3.87. The molecule has 8 nitrogen and oxygen atoms in total. The number of para-hydroxylation sites is 1. The van der Waals surface area contributed by atoms with E-state index in [-0.39, 0.29) is 24.1 Å². The molecule has 0 aromatic heterocycles. The maximum Gasteiger partial charge on any atom is 0.299 e. The lowest BCUT2D eigenvalue weighted by Crippen LogP contribution is -2.50. The second-order valence-electron chi connectivity index (χ2n) is 9.21. The molecule has 196 valence electrons. The molecule has 0 bridgehead atoms. The van der Waals surface area contributed by atoms with Gasteiger partial charge in [0.25, 0.3) is 11.7 Å². The molecule has 0 radical (unpaired) electrons. The average molecular weight is 517 g/mol. The lowest BCUT2D eigenvalue weighted by atomic mass is 10.1. The van der Waals surface area contributed by atoms with Gasteiger partial charge in [-0.05, 0) is 48.9 Å². The minimum atomic E-state index is -0.959. The number of nitrogens with zero attached hydrogens (tertiary/aromatic N) is 3. The Kier molecular flexibility index (Phi) is 7.85. The first-order valence-electron chi connectivity index (χ1n) is 12.3. The van der Waals surface area contributed by atoms with Gasteiger partial charge in [-0.25, -0.2) is 4.39 Å². The van der Waals surface area contributed by atoms with E-state index >= 15 is 0 Å². The Hall–Kier alpha value is -4.53. The Balaban J connectivity index is 1.61. The molecule has 1 unspecified atom stereocenters. The summed E-state index contributed by atoms with van der Waals surface area (Å²) in [6.45, 7) is 1.10. The number of halogens is 1. The Morgan fingerprint density at radius 2 is 1.61 bits per heavy atom. The topological polar surface area (TPSA) is 90.0 Å². The highest BCUT2D eigenvalue weighted by molar-refractivity contribution is 6.52. The quantitative estimate of drug-likeness (QED) is 0.436. The van der Waals surface area contributed by atoms with E-state index < -0.39 is 41.9 Å². The van der Waals surface area contributed by atoms with Gasteiger partial charge >= 0.3 is 0 Å². The SMILES string of the molecule is CCC(C(=O)Nc1ccc(N(C)C)cc1)N(Cc1ccccc1F)C(=O)CN1C(=O)C(=O)c2ccccc21. The molecule has 1 heterocycles. The van der Waals surface area contributed by atoms with Crippen LogP contribution >= 0.6 is 0 Å². The number of amides is 3. The van der Waals surface area contributed by atoms with Crippen LogP contribution in [-0.2, 0) is 20.9 Å². The Morgan fingerprint density at radius 3 is 2.26 bits per heavy atom. The summed E-state index contributed by atoms with van der Waals surface area (Å²) in [6.07, 6.45) is 0.241. The van der Waals surface area contributed by atoms with Gasteiger partial charge in [0, 0.05) is 37.6 Å². The summed E-state index contributed by atoms with van der Waals surface area (Å²) >= 11 is 0. The van der Waals surface area contributed by atoms with Gasteiger partial charge in [-0.3, -0.25) is 24.1 Å². The smallest absolute Gasteiger partial charge is 0.299 e. The van der Waals surface area contributed by atoms with Gasteiger partial charge in [0.2, 0.25) is 11.8 Å². The Bertz CT molecular complexity index is 1370. The maximum atomic E-state index is 14.6. The number of anilines is 3. The summed E-state index contributed by atoms with van der Waals surface area (Å²) in [5.74, 6) is -3.06. The fourth-order valence-electron chi connectivity index (χ4n) is 4.43. The fraction of sp³-hybridized carbons (Fsp3) is 0.241. The van der Waals surface area contributed by atoms with Gasteiger partial charge in [0.1, 0.15) is 18.4 Å². The number of rotatable bonds is 9. The molecule has 1 aliphatic rings. The van der Waals surface area contributed by atoms with Crippen LogP contribution in [0.2, 0.25) is 0 Å². The van der Waals surface area contributed by atoms with Gasteiger partial charge in [-0.2, -0.15) is 0 Å². The van der Waals surface area contributed by atoms with Crippen molar-refractivity contribution in [1.29, 1.82) is 0 Å². The van der Waals surface area contributed by atoms with E-state index in [0.29, 0.717) is 11.4 Å². The number of hydrogen-bond acceptors (Lipinski definition) is 5. The van der Waals surface area contributed by atoms with Crippen molar-refractivity contribution in [1.82, 2.24) is 4.90 Å². The number of ketones is 1. The number of carbonyl (C=O) groups is 4. The maximum absolute atomic E-state index is 14.6. The van der Waals surface area contributed by atoms with Crippen LogP contribution in [0.3, 0.4) is 0 Å². The van der Waals surface area contributed by atoms with Crippen molar-refractivity contribution in [2.75, 3.05) is 35.8 Å². The van der Waals surface area contributed by atoms with Crippen LogP contribution in [-0.4, -0.2) is 55.1 Å². The molecule has 0 aliphatic carbocycles. The molecule has 1 aliphatic heterocycles. The molecule has 0 fully saturated rings. The molecule has 0 spiro atoms. The summed E-state index contributed by atoms with van der Waals surface area (Å²) in [7, 11) is 3.81. The molecule has 1 N–H and O–H groups in total. The zero-order valence-electron chi connectivity index (χ0n) is 21.5. The van der Waals surface area contributed by atoms with Crippen molar-refractivity contribution in [2.45, 2.75) is 25.9 Å². The normalized spacial score (nSPS) is 13.2. The van der Waals surface area contributed by atoms with E-state index in [1.54, 1.807) is 49.4 Å². The molecule has 0 saturated heterocycles. The van der Waals surface area contributed by atoms with Crippen molar-refractivity contribution in [2.24, 2.45) is 0 Å². The van der Waals surface area contributed by atoms with E-state index in [4.69, 9.17) is 0 Å². The van der Waals surface area contributed by atoms with Crippen LogP contribution in [0.1, 0.15) is 29.3 Å². The van der Waals surface area contributed by atoms with Crippen molar-refractivity contribution < 1.29 is 23.6 Å². The van der Waals surface area contributed by atoms with Gasteiger partial charge in [-0.15, -0.1) is 0 Å². The van der Waals surface area contributed by atoms with Crippen LogP contribution < -0.4 is 15.1 Å². The summed E-state index contributed by atoms with van der Waals surface area (Å²) in [5, 5.41) is 2.84. The molecular formula is C29H29FN4O4. The number of nitrogens with one attached hydrogen (secondary N) is 1. The van der Waals surface area contributed by atoms with Gasteiger partial charge in [0.05, 0.1) is 11.3 Å². The zero-order chi connectivity index (χ0) is 27.4. The molecule has 4 rings (SSSR count). The number of hydrogen-bond donors (Lipinski definition) is 1. The predicted molar refractivity (Wildman–Crippen MR) is 144 cm³/mol. The highest BCUT2D eigenvalue weighted by Gasteiger charge is 2.38. The van der Waals surface area contributed by atoms with Gasteiger partial charge in [0.15, 0.2) is 0 Å². The van der Waals surface area contributed by atoms with Gasteiger partial charge in [-0.1, -0.05) is 37.3 Å². The van der Waals surface area contributed by atoms with E-state index in [1.807, 2.05) is 31.1 Å². The third-order valence-corrected chi connectivity index (χ3v) is 6.51. The second-order valence-corrected chi connectivity index (χ2v) is 9.21. The third kappa shape index (κ3) is 5.41. The molecule has 3 aromatic rings. The average Bonchev–Trinajstić information content (AvgIpc) is 3.14. The Labute approximate surface area is 220 Å². The van der Waals surface area contributed by atoms with E-state index in [9.17, 15) is 23.6 Å². The molecular weight excluding hydrogens is 487 g/mol. The van der Waals surface area contributed by atoms with Crippen LogP contribution in [0.25, 0.3) is 0 Å². The minimum Gasteiger partial charge on any atom is -0.378 e. The number of fused-ring (bicyclic) bond motifs is 1. The van der Waals surface area contributed by atoms with Crippen molar-refractivity contribution in [3.63, 3.8) is 0 Å². The number of Topliss-reactive ketones (excluding diaryl/α,β-unsaturated/α-hetero) is 1. The molecule has 38 heavy (non-hydrogen) atoms. The van der Waals surface area contributed by atoms with E-state index in [1.165, 1.54) is 23.1 Å². The summed E-state index contributed by atoms with van der Waals surface area (Å²) in [4.78, 5) is 56.5. The van der Waals surface area contributed by atoms with Crippen molar-refractivity contribution >= 4 is 40.6 Å². The second kappa shape index (κ2) is 11.2. The van der Waals surface area contributed by atoms with Crippen LogP contribution in [0, 0.1) is 5.82 Å². The van der Waals surface area contributed by atoms with Crippen LogP contribution in [0.5, 0.6) is 0 Å². The first kappa shape index (κ1) is 26.5. The standard InChI is InChI=1S/C29H29FN4O4/c1-4-24(28(37)31-20-13-15-21(16-14-20)32(2)3)33(17-19-9-5-7-11-23(19)30)26(35)18-34-25-12-8-6-10-22(25)27(36)29(34)38/h5-16,24H,4,17-18H2,1-3H3,(H,31,37). The fourth-order valence-corrected chi connectivity index (χ4v) is 4.43. The first-order valence-corrected chi connectivity index (χ1v) is 12.3. The van der Waals surface area contributed by atoms with Crippen LogP contribution in [0.15, 0.2) is 72.8 Å². The highest BCUT2D eigenvalue weighted by atomic mass is 19.1. The largest absolute Gasteiger partial charge is 0.378 e. The zero-order valence-corrected chi connectivity index (χ0v) is 21.5. The summed E-state index contributed by atoms with van der Waals surface area (Å²) < 4.78 is 14.6. The summed E-state index contributed by atoms with van der Waals surface area (Å²) in [6, 6.07) is 18.7. The van der Waals surface area contributed by atoms with E-state index in [0.717, 1.165) is 10.6 Å². The van der Waals surface area contributed by atoms with Crippen molar-refractivity contribution in [3.05, 3.63) is 89.7 Å². The van der Waals surface area contributed by atoms with Crippen molar-refractivity contribution in [3.8, 4) is 0 Å². The Morgan fingerprint density at radius 1 is 0.947 bits per heavy atom. The first-order chi connectivity index (χ1) is 18.2. The molecule has 9 heteroatoms.